The van der Waals surface area contributed by atoms with Crippen LogP contribution in [0.2, 0.25) is 5.02 Å². The fourth-order valence-electron chi connectivity index (χ4n) is 3.11. The maximum atomic E-state index is 12.5. The normalized spacial score (nSPS) is 17.7. The Balaban J connectivity index is 1.84. The molecule has 2 nitrogen and oxygen atoms in total. The number of aromatic nitrogens is 1. The molecule has 0 aliphatic carbocycles. The Kier molecular flexibility index (Phi) is 3.28. The second-order valence-corrected chi connectivity index (χ2v) is 7.18. The van der Waals surface area contributed by atoms with Crippen LogP contribution in [-0.4, -0.2) is 10.4 Å². The van der Waals surface area contributed by atoms with Gasteiger partial charge in [0.2, 0.25) is 0 Å². The topological polar surface area (TPSA) is 22.0 Å². The highest BCUT2D eigenvalue weighted by atomic mass is 35.5. The lowest BCUT2D eigenvalue weighted by molar-refractivity contribution is 0.0976. The van der Waals surface area contributed by atoms with E-state index in [1.54, 1.807) is 11.8 Å². The number of carbonyl (C=O) groups is 1. The first-order valence-electron chi connectivity index (χ1n) is 7.17. The summed E-state index contributed by atoms with van der Waals surface area (Å²) in [6.07, 6.45) is 2.66. The number of rotatable bonds is 1. The Hall–Kier alpha value is -1.71. The molecule has 1 aliphatic rings. The van der Waals surface area contributed by atoms with Gasteiger partial charge in [0.1, 0.15) is 0 Å². The van der Waals surface area contributed by atoms with Crippen molar-refractivity contribution in [1.29, 1.82) is 0 Å². The maximum Gasteiger partial charge on any atom is 0.165 e. The van der Waals surface area contributed by atoms with Gasteiger partial charge in [-0.3, -0.25) is 4.79 Å². The molecule has 4 rings (SSSR count). The van der Waals surface area contributed by atoms with Gasteiger partial charge in [-0.1, -0.05) is 41.9 Å². The summed E-state index contributed by atoms with van der Waals surface area (Å²) >= 11 is 8.01. The zero-order valence-electron chi connectivity index (χ0n) is 12.0. The van der Waals surface area contributed by atoms with Crippen LogP contribution in [0.3, 0.4) is 0 Å². The molecule has 0 saturated heterocycles. The molecule has 3 aromatic rings. The summed E-state index contributed by atoms with van der Waals surface area (Å²) in [6, 6.07) is 13.9. The van der Waals surface area contributed by atoms with E-state index < -0.39 is 0 Å². The molecule has 1 aromatic heterocycles. The van der Waals surface area contributed by atoms with Gasteiger partial charge >= 0.3 is 0 Å². The van der Waals surface area contributed by atoms with Crippen molar-refractivity contribution in [2.75, 3.05) is 0 Å². The average molecular weight is 328 g/mol. The molecule has 0 N–H and O–H groups in total. The molecule has 0 radical (unpaired) electrons. The van der Waals surface area contributed by atoms with Crippen molar-refractivity contribution in [3.05, 3.63) is 64.8 Å². The van der Waals surface area contributed by atoms with Gasteiger partial charge in [-0.25, -0.2) is 0 Å². The quantitative estimate of drug-likeness (QED) is 0.609. The maximum absolute atomic E-state index is 12.5. The predicted molar refractivity (Wildman–Crippen MR) is 91.9 cm³/mol. The fraction of sp³-hybridized carbons (Fsp3) is 0.167. The monoisotopic (exact) mass is 327 g/mol. The van der Waals surface area contributed by atoms with E-state index in [0.29, 0.717) is 11.4 Å². The fourth-order valence-corrected chi connectivity index (χ4v) is 4.75. The molecule has 1 atom stereocenters. The smallest absolute Gasteiger partial charge is 0.165 e. The van der Waals surface area contributed by atoms with Gasteiger partial charge < -0.3 is 4.57 Å². The minimum Gasteiger partial charge on any atom is -0.350 e. The van der Waals surface area contributed by atoms with E-state index in [9.17, 15) is 4.79 Å². The number of hydrogen-bond acceptors (Lipinski definition) is 2. The molecule has 0 fully saturated rings. The third-order valence-electron chi connectivity index (χ3n) is 4.17. The van der Waals surface area contributed by atoms with Crippen LogP contribution in [-0.2, 0) is 7.05 Å². The number of carbonyl (C=O) groups excluding carboxylic acids is 1. The minimum absolute atomic E-state index is 0.117. The average Bonchev–Trinajstić information content (AvgIpc) is 2.86. The molecular formula is C18H14ClNOS. The molecule has 2 aromatic carbocycles. The van der Waals surface area contributed by atoms with E-state index in [1.165, 1.54) is 16.5 Å². The first-order valence-corrected chi connectivity index (χ1v) is 8.43. The molecule has 0 spiro atoms. The van der Waals surface area contributed by atoms with Crippen LogP contribution < -0.4 is 0 Å². The van der Waals surface area contributed by atoms with Crippen molar-refractivity contribution in [2.24, 2.45) is 7.05 Å². The van der Waals surface area contributed by atoms with E-state index in [2.05, 4.69) is 22.9 Å². The van der Waals surface area contributed by atoms with Crippen LogP contribution in [0.25, 0.3) is 10.9 Å². The van der Waals surface area contributed by atoms with Gasteiger partial charge in [0.05, 0.1) is 5.02 Å². The minimum atomic E-state index is 0.117. The summed E-state index contributed by atoms with van der Waals surface area (Å²) in [6.45, 7) is 0. The number of halogens is 1. The number of nitrogens with zero attached hydrogens (tertiary/aromatic N) is 1. The summed E-state index contributed by atoms with van der Waals surface area (Å²) in [4.78, 5) is 13.4. The first kappa shape index (κ1) is 13.9. The second kappa shape index (κ2) is 5.18. The van der Waals surface area contributed by atoms with Crippen LogP contribution in [0, 0.1) is 0 Å². The van der Waals surface area contributed by atoms with Crippen LogP contribution >= 0.6 is 23.4 Å². The van der Waals surface area contributed by atoms with Crippen LogP contribution in [0.4, 0.5) is 0 Å². The van der Waals surface area contributed by atoms with Gasteiger partial charge in [-0.15, -0.1) is 11.8 Å². The van der Waals surface area contributed by atoms with Crippen molar-refractivity contribution in [3.8, 4) is 0 Å². The van der Waals surface area contributed by atoms with Crippen molar-refractivity contribution < 1.29 is 4.79 Å². The zero-order chi connectivity index (χ0) is 15.3. The number of fused-ring (bicyclic) bond motifs is 2. The lowest BCUT2D eigenvalue weighted by atomic mass is 10.0. The van der Waals surface area contributed by atoms with Gasteiger partial charge in [0, 0.05) is 46.3 Å². The van der Waals surface area contributed by atoms with E-state index in [0.717, 1.165) is 10.5 Å². The molecule has 0 bridgehead atoms. The third kappa shape index (κ3) is 2.08. The largest absolute Gasteiger partial charge is 0.350 e. The number of aryl methyl sites for hydroxylation is 1. The van der Waals surface area contributed by atoms with Crippen LogP contribution in [0.15, 0.2) is 53.6 Å². The van der Waals surface area contributed by atoms with Crippen molar-refractivity contribution in [3.63, 3.8) is 0 Å². The molecule has 0 amide bonds. The highest BCUT2D eigenvalue weighted by Gasteiger charge is 2.30. The Bertz CT molecular complexity index is 899. The van der Waals surface area contributed by atoms with Gasteiger partial charge in [-0.05, 0) is 17.7 Å². The van der Waals surface area contributed by atoms with Crippen molar-refractivity contribution >= 4 is 40.0 Å². The van der Waals surface area contributed by atoms with Crippen LogP contribution in [0.1, 0.15) is 27.6 Å². The molecule has 1 unspecified atom stereocenters. The molecule has 110 valence electrons. The summed E-state index contributed by atoms with van der Waals surface area (Å²) in [7, 11) is 2.04. The Morgan fingerprint density at radius 2 is 2.00 bits per heavy atom. The number of hydrogen-bond donors (Lipinski definition) is 0. The number of benzene rings is 2. The van der Waals surface area contributed by atoms with Gasteiger partial charge in [-0.2, -0.15) is 0 Å². The summed E-state index contributed by atoms with van der Waals surface area (Å²) in [5.74, 6) is 0.175. The summed E-state index contributed by atoms with van der Waals surface area (Å²) in [5.41, 5.74) is 3.16. The Labute approximate surface area is 138 Å². The summed E-state index contributed by atoms with van der Waals surface area (Å²) in [5, 5.41) is 2.00. The van der Waals surface area contributed by atoms with E-state index >= 15 is 0 Å². The standard InChI is InChI=1S/C18H14ClNOS/c1-20-10-13(11-5-2-3-8-15(11)20)17-9-16(21)12-6-4-7-14(19)18(12)22-17/h2-8,10,17H,9H2,1H3. The van der Waals surface area contributed by atoms with E-state index in [4.69, 9.17) is 11.6 Å². The molecular weight excluding hydrogens is 314 g/mol. The van der Waals surface area contributed by atoms with Crippen LogP contribution in [0.5, 0.6) is 0 Å². The lowest BCUT2D eigenvalue weighted by Gasteiger charge is -2.23. The lowest BCUT2D eigenvalue weighted by Crippen LogP contribution is -2.12. The number of Topliss-reactive ketones (excluding diaryl/α,β-unsaturated/α-hetero) is 1. The number of thioether (sulfide) groups is 1. The first-order chi connectivity index (χ1) is 10.6. The van der Waals surface area contributed by atoms with Crippen molar-refractivity contribution in [1.82, 2.24) is 4.57 Å². The highest BCUT2D eigenvalue weighted by molar-refractivity contribution is 7.99. The SMILES string of the molecule is Cn1cc(C2CC(=O)c3cccc(Cl)c3S2)c2ccccc21. The van der Waals surface area contributed by atoms with Crippen molar-refractivity contribution in [2.45, 2.75) is 16.6 Å². The number of para-hydroxylation sites is 1. The predicted octanol–water partition coefficient (Wildman–Crippen LogP) is 5.25. The van der Waals surface area contributed by atoms with E-state index in [1.807, 2.05) is 37.4 Å². The molecule has 22 heavy (non-hydrogen) atoms. The molecule has 1 aliphatic heterocycles. The number of ketones is 1. The van der Waals surface area contributed by atoms with E-state index in [-0.39, 0.29) is 11.0 Å². The summed E-state index contributed by atoms with van der Waals surface area (Å²) < 4.78 is 2.12. The Morgan fingerprint density at radius 3 is 2.86 bits per heavy atom. The molecule has 2 heterocycles. The Morgan fingerprint density at radius 1 is 1.18 bits per heavy atom. The molecule has 4 heteroatoms. The third-order valence-corrected chi connectivity index (χ3v) is 5.98. The highest BCUT2D eigenvalue weighted by Crippen LogP contribution is 2.48. The second-order valence-electron chi connectivity index (χ2n) is 5.56. The van der Waals surface area contributed by atoms with Gasteiger partial charge in [0.25, 0.3) is 0 Å². The van der Waals surface area contributed by atoms with Gasteiger partial charge in [0.15, 0.2) is 5.78 Å². The zero-order valence-corrected chi connectivity index (χ0v) is 13.6. The molecule has 0 saturated carbocycles.